The van der Waals surface area contributed by atoms with E-state index >= 15 is 0 Å². The minimum atomic E-state index is 0.593. The highest BCUT2D eigenvalue weighted by molar-refractivity contribution is 5.66. The second-order valence-corrected chi connectivity index (χ2v) is 3.95. The van der Waals surface area contributed by atoms with E-state index in [1.54, 1.807) is 0 Å². The lowest BCUT2D eigenvalue weighted by molar-refractivity contribution is 0.147. The largest absolute Gasteiger partial charge is 0.492 e. The molecule has 0 radical (unpaired) electrons. The van der Waals surface area contributed by atoms with E-state index in [4.69, 9.17) is 9.57 Å². The first-order valence-electron chi connectivity index (χ1n) is 6.56. The summed E-state index contributed by atoms with van der Waals surface area (Å²) >= 11 is 0. The maximum atomic E-state index is 5.75. The summed E-state index contributed by atoms with van der Waals surface area (Å²) in [5.41, 5.74) is 1.90. The van der Waals surface area contributed by atoms with Crippen molar-refractivity contribution < 1.29 is 9.57 Å². The van der Waals surface area contributed by atoms with Gasteiger partial charge in [0.2, 0.25) is 0 Å². The molecule has 3 heteroatoms. The molecule has 2 rings (SSSR count). The fraction of sp³-hybridized carbons (Fsp3) is 0.250. The van der Waals surface area contributed by atoms with Gasteiger partial charge in [0.05, 0.1) is 18.9 Å². The maximum Gasteiger partial charge on any atom is 0.145 e. The van der Waals surface area contributed by atoms with Crippen LogP contribution >= 0.6 is 0 Å². The number of hydrogen-bond donors (Lipinski definition) is 0. The number of benzene rings is 2. The van der Waals surface area contributed by atoms with Crippen LogP contribution in [-0.2, 0) is 4.84 Å². The van der Waals surface area contributed by atoms with Gasteiger partial charge in [-0.05, 0) is 38.1 Å². The third-order valence-electron chi connectivity index (χ3n) is 2.63. The highest BCUT2D eigenvalue weighted by atomic mass is 16.7. The number of hydrogen-bond acceptors (Lipinski definition) is 3. The SMILES string of the molecule is CCOc1ccccc1N(OCC)c1ccccc1. The highest BCUT2D eigenvalue weighted by Crippen LogP contribution is 2.33. The van der Waals surface area contributed by atoms with Crippen LogP contribution in [0.15, 0.2) is 54.6 Å². The first-order chi connectivity index (χ1) is 9.36. The van der Waals surface area contributed by atoms with Crippen molar-refractivity contribution in [2.45, 2.75) is 13.8 Å². The number of ether oxygens (including phenoxy) is 1. The Labute approximate surface area is 114 Å². The van der Waals surface area contributed by atoms with E-state index in [1.165, 1.54) is 0 Å². The molecule has 100 valence electrons. The molecule has 0 spiro atoms. The molecule has 0 aliphatic carbocycles. The molecule has 0 saturated heterocycles. The Kier molecular flexibility index (Phi) is 4.81. The highest BCUT2D eigenvalue weighted by Gasteiger charge is 2.14. The number of nitrogens with zero attached hydrogens (tertiary/aromatic N) is 1. The monoisotopic (exact) mass is 257 g/mol. The fourth-order valence-corrected chi connectivity index (χ4v) is 1.88. The summed E-state index contributed by atoms with van der Waals surface area (Å²) in [6, 6.07) is 17.9. The Balaban J connectivity index is 2.39. The van der Waals surface area contributed by atoms with Gasteiger partial charge in [-0.15, -0.1) is 0 Å². The van der Waals surface area contributed by atoms with Crippen molar-refractivity contribution >= 4 is 11.4 Å². The van der Waals surface area contributed by atoms with Crippen molar-refractivity contribution in [1.82, 2.24) is 0 Å². The van der Waals surface area contributed by atoms with Crippen LogP contribution in [0.25, 0.3) is 0 Å². The van der Waals surface area contributed by atoms with Crippen molar-refractivity contribution in [2.24, 2.45) is 0 Å². The molecule has 0 heterocycles. The van der Waals surface area contributed by atoms with E-state index in [0.29, 0.717) is 13.2 Å². The average molecular weight is 257 g/mol. The number of anilines is 2. The molecule has 3 nitrogen and oxygen atoms in total. The van der Waals surface area contributed by atoms with E-state index in [1.807, 2.05) is 73.5 Å². The summed E-state index contributed by atoms with van der Waals surface area (Å²) in [6.45, 7) is 5.17. The average Bonchev–Trinajstić information content (AvgIpc) is 2.47. The summed E-state index contributed by atoms with van der Waals surface area (Å²) in [6.07, 6.45) is 0. The maximum absolute atomic E-state index is 5.75. The molecule has 0 fully saturated rings. The Morgan fingerprint density at radius 2 is 1.53 bits per heavy atom. The Bertz CT molecular complexity index is 499. The molecular formula is C16H19NO2. The van der Waals surface area contributed by atoms with Gasteiger partial charge in [0.15, 0.2) is 0 Å². The molecule has 0 N–H and O–H groups in total. The molecule has 0 atom stereocenters. The van der Waals surface area contributed by atoms with Gasteiger partial charge in [-0.25, -0.2) is 5.06 Å². The van der Waals surface area contributed by atoms with E-state index in [9.17, 15) is 0 Å². The molecule has 2 aromatic rings. The van der Waals surface area contributed by atoms with Crippen LogP contribution in [0, 0.1) is 0 Å². The molecule has 2 aromatic carbocycles. The minimum Gasteiger partial charge on any atom is -0.492 e. The van der Waals surface area contributed by atoms with Crippen LogP contribution in [0.2, 0.25) is 0 Å². The molecule has 0 aliphatic rings. The topological polar surface area (TPSA) is 21.7 Å². The number of para-hydroxylation sites is 3. The molecule has 0 amide bonds. The lowest BCUT2D eigenvalue weighted by Gasteiger charge is -2.25. The smallest absolute Gasteiger partial charge is 0.145 e. The van der Waals surface area contributed by atoms with E-state index in [0.717, 1.165) is 17.1 Å². The van der Waals surface area contributed by atoms with Gasteiger partial charge in [-0.3, -0.25) is 4.84 Å². The van der Waals surface area contributed by atoms with Gasteiger partial charge < -0.3 is 4.74 Å². The van der Waals surface area contributed by atoms with Crippen molar-refractivity contribution in [3.63, 3.8) is 0 Å². The quantitative estimate of drug-likeness (QED) is 0.725. The van der Waals surface area contributed by atoms with Gasteiger partial charge in [0.25, 0.3) is 0 Å². The fourth-order valence-electron chi connectivity index (χ4n) is 1.88. The van der Waals surface area contributed by atoms with Gasteiger partial charge in [0, 0.05) is 0 Å². The summed E-state index contributed by atoms with van der Waals surface area (Å²) in [7, 11) is 0. The van der Waals surface area contributed by atoms with Crippen molar-refractivity contribution in [1.29, 1.82) is 0 Å². The summed E-state index contributed by atoms with van der Waals surface area (Å²) in [4.78, 5) is 5.75. The lowest BCUT2D eigenvalue weighted by Crippen LogP contribution is -2.18. The third-order valence-corrected chi connectivity index (χ3v) is 2.63. The zero-order chi connectivity index (χ0) is 13.5. The second-order valence-electron chi connectivity index (χ2n) is 3.95. The van der Waals surface area contributed by atoms with Crippen LogP contribution in [0.1, 0.15) is 13.8 Å². The summed E-state index contributed by atoms with van der Waals surface area (Å²) < 4.78 is 5.66. The van der Waals surface area contributed by atoms with E-state index in [-0.39, 0.29) is 0 Å². The van der Waals surface area contributed by atoms with Crippen LogP contribution in [0.4, 0.5) is 11.4 Å². The van der Waals surface area contributed by atoms with Crippen molar-refractivity contribution in [2.75, 3.05) is 18.3 Å². The molecular weight excluding hydrogens is 238 g/mol. The second kappa shape index (κ2) is 6.81. The van der Waals surface area contributed by atoms with Gasteiger partial charge in [-0.2, -0.15) is 0 Å². The molecule has 0 unspecified atom stereocenters. The Morgan fingerprint density at radius 1 is 0.842 bits per heavy atom. The van der Waals surface area contributed by atoms with Crippen LogP contribution in [0.3, 0.4) is 0 Å². The van der Waals surface area contributed by atoms with E-state index in [2.05, 4.69) is 0 Å². The number of rotatable bonds is 6. The van der Waals surface area contributed by atoms with E-state index < -0.39 is 0 Å². The van der Waals surface area contributed by atoms with Gasteiger partial charge in [-0.1, -0.05) is 30.3 Å². The molecule has 19 heavy (non-hydrogen) atoms. The zero-order valence-corrected chi connectivity index (χ0v) is 11.4. The lowest BCUT2D eigenvalue weighted by atomic mass is 10.2. The first kappa shape index (κ1) is 13.4. The summed E-state index contributed by atoms with van der Waals surface area (Å²) in [5, 5.41) is 1.81. The standard InChI is InChI=1S/C16H19NO2/c1-3-18-16-13-9-8-12-15(16)17(19-4-2)14-10-6-5-7-11-14/h5-13H,3-4H2,1-2H3. The first-order valence-corrected chi connectivity index (χ1v) is 6.56. The Morgan fingerprint density at radius 3 is 2.21 bits per heavy atom. The van der Waals surface area contributed by atoms with Gasteiger partial charge >= 0.3 is 0 Å². The van der Waals surface area contributed by atoms with Crippen LogP contribution < -0.4 is 9.80 Å². The van der Waals surface area contributed by atoms with Crippen LogP contribution in [0.5, 0.6) is 5.75 Å². The van der Waals surface area contributed by atoms with Gasteiger partial charge in [0.1, 0.15) is 11.4 Å². The van der Waals surface area contributed by atoms with Crippen molar-refractivity contribution in [3.8, 4) is 5.75 Å². The minimum absolute atomic E-state index is 0.593. The normalized spacial score (nSPS) is 10.2. The third kappa shape index (κ3) is 3.26. The molecule has 0 saturated carbocycles. The van der Waals surface area contributed by atoms with Crippen molar-refractivity contribution in [3.05, 3.63) is 54.6 Å². The molecule has 0 bridgehead atoms. The zero-order valence-electron chi connectivity index (χ0n) is 11.4. The molecule has 0 aromatic heterocycles. The Hall–Kier alpha value is -2.00. The summed E-state index contributed by atoms with van der Waals surface area (Å²) in [5.74, 6) is 0.822. The molecule has 0 aliphatic heterocycles. The predicted octanol–water partition coefficient (Wildman–Crippen LogP) is 4.17. The predicted molar refractivity (Wildman–Crippen MR) is 77.8 cm³/mol. The van der Waals surface area contributed by atoms with Crippen LogP contribution in [-0.4, -0.2) is 13.2 Å².